The molecule has 0 saturated carbocycles. The van der Waals surface area contributed by atoms with Gasteiger partial charge in [-0.1, -0.05) is 30.3 Å². The van der Waals surface area contributed by atoms with Gasteiger partial charge in [0.2, 0.25) is 0 Å². The van der Waals surface area contributed by atoms with Crippen LogP contribution in [0.3, 0.4) is 0 Å². The van der Waals surface area contributed by atoms with E-state index in [1.54, 1.807) is 0 Å². The van der Waals surface area contributed by atoms with Crippen molar-refractivity contribution in [1.29, 1.82) is 0 Å². The molecule has 82 valence electrons. The van der Waals surface area contributed by atoms with Gasteiger partial charge in [0.05, 0.1) is 19.8 Å². The van der Waals surface area contributed by atoms with Crippen molar-refractivity contribution in [3.63, 3.8) is 0 Å². The lowest BCUT2D eigenvalue weighted by Gasteiger charge is -2.09. The van der Waals surface area contributed by atoms with E-state index in [1.165, 1.54) is 5.56 Å². The Morgan fingerprint density at radius 3 is 2.80 bits per heavy atom. The first-order valence-electron chi connectivity index (χ1n) is 4.87. The van der Waals surface area contributed by atoms with E-state index in [0.717, 1.165) is 0 Å². The largest absolute Gasteiger partial charge is 0.371 e. The Bertz CT molecular complexity index is 291. The fraction of sp³-hybridized carbons (Fsp3) is 0.455. The van der Waals surface area contributed by atoms with Gasteiger partial charge in [-0.2, -0.15) is 0 Å². The average Bonchev–Trinajstić information content (AvgIpc) is 2.66. The van der Waals surface area contributed by atoms with Crippen molar-refractivity contribution in [3.05, 3.63) is 35.9 Å². The molecule has 1 fully saturated rings. The van der Waals surface area contributed by atoms with E-state index in [1.807, 2.05) is 30.3 Å². The summed E-state index contributed by atoms with van der Waals surface area (Å²) in [6, 6.07) is 10.1. The van der Waals surface area contributed by atoms with Crippen LogP contribution in [0.2, 0.25) is 0 Å². The molecule has 4 heteroatoms. The second-order valence-electron chi connectivity index (χ2n) is 3.31. The SMILES string of the molecule is I[C@H]1COC(COCc2ccccc2)O1. The molecule has 0 bridgehead atoms. The molecule has 2 atom stereocenters. The monoisotopic (exact) mass is 320 g/mol. The van der Waals surface area contributed by atoms with Crippen molar-refractivity contribution in [1.82, 2.24) is 0 Å². The van der Waals surface area contributed by atoms with Gasteiger partial charge in [0.15, 0.2) is 6.29 Å². The van der Waals surface area contributed by atoms with Crippen LogP contribution in [0.1, 0.15) is 5.56 Å². The van der Waals surface area contributed by atoms with Gasteiger partial charge in [-0.25, -0.2) is 0 Å². The van der Waals surface area contributed by atoms with Crippen molar-refractivity contribution < 1.29 is 14.2 Å². The summed E-state index contributed by atoms with van der Waals surface area (Å²) in [5.41, 5.74) is 1.17. The molecule has 1 aromatic rings. The molecule has 1 unspecified atom stereocenters. The van der Waals surface area contributed by atoms with Crippen molar-refractivity contribution in [2.24, 2.45) is 0 Å². The summed E-state index contributed by atoms with van der Waals surface area (Å²) < 4.78 is 16.4. The van der Waals surface area contributed by atoms with E-state index in [9.17, 15) is 0 Å². The minimum atomic E-state index is -0.199. The van der Waals surface area contributed by atoms with Gasteiger partial charge < -0.3 is 14.2 Å². The minimum Gasteiger partial charge on any atom is -0.371 e. The first kappa shape index (κ1) is 11.3. The molecule has 2 rings (SSSR count). The Kier molecular flexibility index (Phi) is 4.37. The van der Waals surface area contributed by atoms with Gasteiger partial charge >= 0.3 is 0 Å². The molecule has 1 saturated heterocycles. The van der Waals surface area contributed by atoms with Gasteiger partial charge in [0.25, 0.3) is 0 Å². The summed E-state index contributed by atoms with van der Waals surface area (Å²) in [5.74, 6) is 0. The van der Waals surface area contributed by atoms with Crippen LogP contribution in [0.15, 0.2) is 30.3 Å². The topological polar surface area (TPSA) is 27.7 Å². The Morgan fingerprint density at radius 1 is 1.33 bits per heavy atom. The van der Waals surface area contributed by atoms with Crippen molar-refractivity contribution >= 4 is 22.6 Å². The van der Waals surface area contributed by atoms with Crippen molar-refractivity contribution in [2.45, 2.75) is 17.0 Å². The summed E-state index contributed by atoms with van der Waals surface area (Å²) in [6.45, 7) is 1.75. The molecular formula is C11H13IO3. The molecule has 1 heterocycles. The molecular weight excluding hydrogens is 307 g/mol. The normalized spacial score (nSPS) is 25.7. The minimum absolute atomic E-state index is 0.160. The van der Waals surface area contributed by atoms with Crippen LogP contribution in [0.4, 0.5) is 0 Å². The number of hydrogen-bond donors (Lipinski definition) is 0. The number of hydrogen-bond acceptors (Lipinski definition) is 3. The summed E-state index contributed by atoms with van der Waals surface area (Å²) in [4.78, 5) is 0. The van der Waals surface area contributed by atoms with Gasteiger partial charge in [-0.15, -0.1) is 0 Å². The molecule has 0 radical (unpaired) electrons. The summed E-state index contributed by atoms with van der Waals surface area (Å²) >= 11 is 2.21. The molecule has 0 spiro atoms. The Morgan fingerprint density at radius 2 is 2.13 bits per heavy atom. The number of ether oxygens (including phenoxy) is 3. The lowest BCUT2D eigenvalue weighted by molar-refractivity contribution is -0.0990. The third-order valence-electron chi connectivity index (χ3n) is 2.08. The van der Waals surface area contributed by atoms with Gasteiger partial charge in [0.1, 0.15) is 4.11 Å². The van der Waals surface area contributed by atoms with Gasteiger partial charge in [-0.05, 0) is 28.2 Å². The number of benzene rings is 1. The van der Waals surface area contributed by atoms with E-state index >= 15 is 0 Å². The fourth-order valence-electron chi connectivity index (χ4n) is 1.36. The summed E-state index contributed by atoms with van der Waals surface area (Å²) in [6.07, 6.45) is -0.199. The highest BCUT2D eigenvalue weighted by atomic mass is 127. The zero-order chi connectivity index (χ0) is 10.5. The molecule has 15 heavy (non-hydrogen) atoms. The second-order valence-corrected chi connectivity index (χ2v) is 4.70. The molecule has 1 aliphatic rings. The smallest absolute Gasteiger partial charge is 0.182 e. The maximum absolute atomic E-state index is 5.50. The van der Waals surface area contributed by atoms with Crippen LogP contribution in [-0.4, -0.2) is 23.6 Å². The van der Waals surface area contributed by atoms with Gasteiger partial charge in [0, 0.05) is 0 Å². The fourth-order valence-corrected chi connectivity index (χ4v) is 1.90. The first-order valence-corrected chi connectivity index (χ1v) is 6.12. The Hall–Kier alpha value is -0.170. The lowest BCUT2D eigenvalue weighted by Crippen LogP contribution is -2.16. The molecule has 0 aliphatic carbocycles. The highest BCUT2D eigenvalue weighted by Gasteiger charge is 2.23. The molecule has 0 aromatic heterocycles. The predicted molar refractivity (Wildman–Crippen MR) is 64.7 cm³/mol. The first-order chi connectivity index (χ1) is 7.34. The Balaban J connectivity index is 1.67. The third kappa shape index (κ3) is 3.71. The highest BCUT2D eigenvalue weighted by Crippen LogP contribution is 2.17. The van der Waals surface area contributed by atoms with E-state index in [0.29, 0.717) is 19.8 Å². The van der Waals surface area contributed by atoms with E-state index < -0.39 is 0 Å². The molecule has 1 aliphatic heterocycles. The Labute approximate surface area is 103 Å². The third-order valence-corrected chi connectivity index (χ3v) is 2.73. The second kappa shape index (κ2) is 5.79. The summed E-state index contributed by atoms with van der Waals surface area (Å²) in [7, 11) is 0. The van der Waals surface area contributed by atoms with E-state index in [4.69, 9.17) is 14.2 Å². The average molecular weight is 320 g/mol. The number of alkyl halides is 1. The standard InChI is InChI=1S/C11H13IO3/c12-10-7-14-11(15-10)8-13-6-9-4-2-1-3-5-9/h1-5,10-11H,6-8H2/t10-,11?/m1/s1. The quantitative estimate of drug-likeness (QED) is 0.630. The molecule has 0 amide bonds. The zero-order valence-corrected chi connectivity index (χ0v) is 10.4. The maximum Gasteiger partial charge on any atom is 0.182 e. The van der Waals surface area contributed by atoms with Crippen LogP contribution >= 0.6 is 22.6 Å². The number of halogens is 1. The number of rotatable bonds is 4. The molecule has 3 nitrogen and oxygen atoms in total. The van der Waals surface area contributed by atoms with Crippen LogP contribution in [0, 0.1) is 0 Å². The predicted octanol–water partition coefficient (Wildman–Crippen LogP) is 2.34. The zero-order valence-electron chi connectivity index (χ0n) is 8.27. The summed E-state index contributed by atoms with van der Waals surface area (Å²) in [5, 5.41) is 0. The molecule has 1 aromatic carbocycles. The van der Waals surface area contributed by atoms with E-state index in [2.05, 4.69) is 22.6 Å². The van der Waals surface area contributed by atoms with Crippen LogP contribution in [0.5, 0.6) is 0 Å². The van der Waals surface area contributed by atoms with E-state index in [-0.39, 0.29) is 10.4 Å². The maximum atomic E-state index is 5.50. The van der Waals surface area contributed by atoms with Gasteiger partial charge in [-0.3, -0.25) is 0 Å². The van der Waals surface area contributed by atoms with Crippen LogP contribution < -0.4 is 0 Å². The van der Waals surface area contributed by atoms with Crippen molar-refractivity contribution in [3.8, 4) is 0 Å². The lowest BCUT2D eigenvalue weighted by atomic mass is 10.2. The van der Waals surface area contributed by atoms with Crippen LogP contribution in [-0.2, 0) is 20.8 Å². The van der Waals surface area contributed by atoms with Crippen LogP contribution in [0.25, 0.3) is 0 Å². The molecule has 0 N–H and O–H groups in total. The van der Waals surface area contributed by atoms with Crippen molar-refractivity contribution in [2.75, 3.05) is 13.2 Å². The highest BCUT2D eigenvalue weighted by molar-refractivity contribution is 14.1.